The number of thiazole rings is 1. The molecule has 2 aromatic heterocycles. The molecule has 20 heavy (non-hydrogen) atoms. The smallest absolute Gasteiger partial charge is 0.258 e. The first kappa shape index (κ1) is 14.1. The second-order valence-electron chi connectivity index (χ2n) is 4.18. The predicted molar refractivity (Wildman–Crippen MR) is 83.1 cm³/mol. The molecule has 1 amide bonds. The molecule has 0 spiro atoms. The van der Waals surface area contributed by atoms with Crippen molar-refractivity contribution in [2.45, 2.75) is 13.8 Å². The maximum atomic E-state index is 12.1. The molecule has 2 aromatic rings. The molecule has 0 fully saturated rings. The highest BCUT2D eigenvalue weighted by Crippen LogP contribution is 2.24. The molecule has 0 unspecified atom stereocenters. The van der Waals surface area contributed by atoms with Gasteiger partial charge in [0.05, 0.1) is 15.8 Å². The summed E-state index contributed by atoms with van der Waals surface area (Å²) in [6.45, 7) is 7.33. The van der Waals surface area contributed by atoms with Gasteiger partial charge in [-0.3, -0.25) is 20.1 Å². The van der Waals surface area contributed by atoms with E-state index in [1.165, 1.54) is 23.6 Å². The predicted octanol–water partition coefficient (Wildman–Crippen LogP) is 3.18. The van der Waals surface area contributed by atoms with Gasteiger partial charge in [-0.2, -0.15) is 0 Å². The summed E-state index contributed by atoms with van der Waals surface area (Å²) in [6, 6.07) is 1.80. The van der Waals surface area contributed by atoms with E-state index >= 15 is 0 Å². The lowest BCUT2D eigenvalue weighted by atomic mass is 10.2. The van der Waals surface area contributed by atoms with Gasteiger partial charge in [-0.1, -0.05) is 24.0 Å². The minimum atomic E-state index is -0.281. The quantitative estimate of drug-likeness (QED) is 0.533. The van der Waals surface area contributed by atoms with Crippen LogP contribution < -0.4 is 5.32 Å². The summed E-state index contributed by atoms with van der Waals surface area (Å²) in [5.74, 6) is -0.281. The fourth-order valence-corrected chi connectivity index (χ4v) is 2.23. The summed E-state index contributed by atoms with van der Waals surface area (Å²) < 4.78 is 0.925. The number of carbonyl (C=O) groups excluding carboxylic acids is 1. The van der Waals surface area contributed by atoms with Crippen LogP contribution in [0.15, 0.2) is 47.9 Å². The second kappa shape index (κ2) is 6.21. The first-order valence-corrected chi connectivity index (χ1v) is 6.77. The van der Waals surface area contributed by atoms with Crippen LogP contribution in [0.2, 0.25) is 0 Å². The van der Waals surface area contributed by atoms with E-state index in [0.29, 0.717) is 10.7 Å². The molecule has 5 nitrogen and oxygen atoms in total. The lowest BCUT2D eigenvalue weighted by Crippen LogP contribution is -2.12. The Morgan fingerprint density at radius 2 is 2.30 bits per heavy atom. The van der Waals surface area contributed by atoms with Gasteiger partial charge in [0.2, 0.25) is 0 Å². The molecule has 2 rings (SSSR count). The molecule has 0 aliphatic carbocycles. The van der Waals surface area contributed by atoms with Gasteiger partial charge in [-0.15, -0.1) is 0 Å². The third-order valence-electron chi connectivity index (χ3n) is 2.36. The van der Waals surface area contributed by atoms with Crippen LogP contribution in [0, 0.1) is 0 Å². The number of aromatic nitrogens is 2. The highest BCUT2D eigenvalue weighted by Gasteiger charge is 2.10. The van der Waals surface area contributed by atoms with Gasteiger partial charge in [0.1, 0.15) is 0 Å². The number of aliphatic imine (C=N–C) groups is 1. The van der Waals surface area contributed by atoms with Crippen molar-refractivity contribution in [3.8, 4) is 0 Å². The highest BCUT2D eigenvalue weighted by atomic mass is 32.1. The number of hydrogen-bond donors (Lipinski definition) is 1. The Morgan fingerprint density at radius 1 is 1.50 bits per heavy atom. The largest absolute Gasteiger partial charge is 0.298 e. The minimum Gasteiger partial charge on any atom is -0.298 e. The lowest BCUT2D eigenvalue weighted by molar-refractivity contribution is -0.112. The fraction of sp³-hybridized carbons (Fsp3) is 0.143. The van der Waals surface area contributed by atoms with Crippen LogP contribution in [0.4, 0.5) is 5.13 Å². The molecule has 0 aliphatic rings. The van der Waals surface area contributed by atoms with Crippen molar-refractivity contribution >= 4 is 38.3 Å². The average Bonchev–Trinajstić information content (AvgIpc) is 2.81. The molecule has 1 N–H and O–H groups in total. The highest BCUT2D eigenvalue weighted by molar-refractivity contribution is 7.22. The molecule has 102 valence electrons. The summed E-state index contributed by atoms with van der Waals surface area (Å²) in [7, 11) is 0. The average molecular weight is 286 g/mol. The monoisotopic (exact) mass is 286 g/mol. The number of hydrogen-bond acceptors (Lipinski definition) is 5. The number of rotatable bonds is 4. The normalized spacial score (nSPS) is 11.2. The van der Waals surface area contributed by atoms with E-state index in [-0.39, 0.29) is 5.91 Å². The van der Waals surface area contributed by atoms with E-state index < -0.39 is 0 Å². The van der Waals surface area contributed by atoms with Crippen LogP contribution in [0.25, 0.3) is 10.2 Å². The van der Waals surface area contributed by atoms with E-state index in [4.69, 9.17) is 0 Å². The molecule has 2 heterocycles. The van der Waals surface area contributed by atoms with E-state index in [9.17, 15) is 4.79 Å². The van der Waals surface area contributed by atoms with Crippen molar-refractivity contribution in [1.29, 1.82) is 0 Å². The first-order valence-electron chi connectivity index (χ1n) is 5.95. The molecule has 0 radical (unpaired) electrons. The van der Waals surface area contributed by atoms with Crippen LogP contribution in [0.5, 0.6) is 0 Å². The van der Waals surface area contributed by atoms with Crippen molar-refractivity contribution in [3.63, 3.8) is 0 Å². The molecular formula is C14H14N4OS. The van der Waals surface area contributed by atoms with E-state index in [0.717, 1.165) is 15.9 Å². The molecule has 0 aliphatic heterocycles. The van der Waals surface area contributed by atoms with Gasteiger partial charge in [0.15, 0.2) is 5.13 Å². The number of nitrogens with one attached hydrogen (secondary N) is 1. The zero-order chi connectivity index (χ0) is 14.5. The molecule has 0 atom stereocenters. The number of carbonyl (C=O) groups is 1. The van der Waals surface area contributed by atoms with Gasteiger partial charge >= 0.3 is 0 Å². The molecule has 6 heteroatoms. The van der Waals surface area contributed by atoms with Crippen molar-refractivity contribution in [2.75, 3.05) is 5.32 Å². The summed E-state index contributed by atoms with van der Waals surface area (Å²) >= 11 is 1.37. The Morgan fingerprint density at radius 3 is 2.95 bits per heavy atom. The van der Waals surface area contributed by atoms with Crippen molar-refractivity contribution in [1.82, 2.24) is 9.97 Å². The van der Waals surface area contributed by atoms with E-state index in [1.54, 1.807) is 18.5 Å². The molecule has 0 saturated heterocycles. The Hall–Kier alpha value is -2.34. The van der Waals surface area contributed by atoms with E-state index in [2.05, 4.69) is 26.9 Å². The van der Waals surface area contributed by atoms with Gasteiger partial charge in [-0.05, 0) is 19.9 Å². The Kier molecular flexibility index (Phi) is 4.37. The first-order chi connectivity index (χ1) is 9.60. The van der Waals surface area contributed by atoms with Crippen molar-refractivity contribution in [3.05, 3.63) is 42.9 Å². The number of fused-ring (bicyclic) bond motifs is 1. The summed E-state index contributed by atoms with van der Waals surface area (Å²) in [4.78, 5) is 24.5. The molecule has 0 aromatic carbocycles. The van der Waals surface area contributed by atoms with Crippen molar-refractivity contribution in [2.24, 2.45) is 4.99 Å². The number of pyridine rings is 1. The van der Waals surface area contributed by atoms with Crippen LogP contribution in [-0.2, 0) is 4.79 Å². The Balaban J connectivity index is 2.19. The van der Waals surface area contributed by atoms with Gasteiger partial charge < -0.3 is 0 Å². The SMILES string of the molecule is C=C/C(=C\N=C(C)C)C(=O)Nc1nc2ccncc2s1. The summed E-state index contributed by atoms with van der Waals surface area (Å²) in [5.41, 5.74) is 2.07. The maximum absolute atomic E-state index is 12.1. The van der Waals surface area contributed by atoms with E-state index in [1.807, 2.05) is 13.8 Å². The number of nitrogens with zero attached hydrogens (tertiary/aromatic N) is 3. The standard InChI is InChI=1S/C14H14N4OS/c1-4-10(7-16-9(2)3)13(19)18-14-17-11-5-6-15-8-12(11)20-14/h4-8H,1H2,2-3H3,(H,17,18,19)/b10-7+. The second-order valence-corrected chi connectivity index (χ2v) is 5.21. The molecule has 0 saturated carbocycles. The van der Waals surface area contributed by atoms with Crippen LogP contribution in [0.1, 0.15) is 13.8 Å². The Labute approximate surface area is 120 Å². The van der Waals surface area contributed by atoms with Gasteiger partial charge in [-0.25, -0.2) is 4.98 Å². The number of amides is 1. The van der Waals surface area contributed by atoms with Crippen LogP contribution in [0.3, 0.4) is 0 Å². The third-order valence-corrected chi connectivity index (χ3v) is 3.28. The lowest BCUT2D eigenvalue weighted by Gasteiger charge is -2.00. The zero-order valence-electron chi connectivity index (χ0n) is 11.3. The van der Waals surface area contributed by atoms with Gasteiger partial charge in [0.25, 0.3) is 5.91 Å². The number of anilines is 1. The topological polar surface area (TPSA) is 67.2 Å². The molecule has 0 bridgehead atoms. The fourth-order valence-electron chi connectivity index (χ4n) is 1.41. The van der Waals surface area contributed by atoms with Crippen molar-refractivity contribution < 1.29 is 4.79 Å². The maximum Gasteiger partial charge on any atom is 0.258 e. The third kappa shape index (κ3) is 3.36. The summed E-state index contributed by atoms with van der Waals surface area (Å²) in [5, 5.41) is 3.27. The van der Waals surface area contributed by atoms with Gasteiger partial charge in [0, 0.05) is 24.3 Å². The minimum absolute atomic E-state index is 0.281. The van der Waals surface area contributed by atoms with Crippen LogP contribution in [-0.4, -0.2) is 21.6 Å². The Bertz CT molecular complexity index is 678. The van der Waals surface area contributed by atoms with Crippen LogP contribution >= 0.6 is 11.3 Å². The zero-order valence-corrected chi connectivity index (χ0v) is 12.1. The summed E-state index contributed by atoms with van der Waals surface area (Å²) in [6.07, 6.45) is 6.35. The molecular weight excluding hydrogens is 272 g/mol.